The molecule has 1 atom stereocenters. The van der Waals surface area contributed by atoms with Crippen molar-refractivity contribution < 1.29 is 9.59 Å². The van der Waals surface area contributed by atoms with Gasteiger partial charge in [0.25, 0.3) is 5.91 Å². The van der Waals surface area contributed by atoms with Crippen LogP contribution in [0.2, 0.25) is 0 Å². The van der Waals surface area contributed by atoms with Crippen molar-refractivity contribution in [2.45, 2.75) is 84.7 Å². The number of nitrogens with one attached hydrogen (secondary N) is 4. The second-order valence-electron chi connectivity index (χ2n) is 10.7. The molecule has 4 rings (SSSR count). The van der Waals surface area contributed by atoms with Crippen LogP contribution in [0.3, 0.4) is 0 Å². The molecule has 0 aromatic rings. The zero-order valence-electron chi connectivity index (χ0n) is 17.9. The Morgan fingerprint density at radius 2 is 1.46 bits per heavy atom. The molecule has 158 valence electrons. The van der Waals surface area contributed by atoms with Crippen molar-refractivity contribution in [3.8, 4) is 0 Å². The number of rotatable bonds is 4. The molecule has 0 radical (unpaired) electrons. The van der Waals surface area contributed by atoms with Crippen molar-refractivity contribution in [2.75, 3.05) is 0 Å². The van der Waals surface area contributed by atoms with E-state index in [0.29, 0.717) is 22.9 Å². The topological polar surface area (TPSA) is 82.3 Å². The summed E-state index contributed by atoms with van der Waals surface area (Å²) in [6.07, 6.45) is 6.87. The van der Waals surface area contributed by atoms with Gasteiger partial charge in [0.05, 0.1) is 0 Å². The normalized spacial score (nSPS) is 32.0. The quantitative estimate of drug-likeness (QED) is 0.425. The van der Waals surface area contributed by atoms with Gasteiger partial charge >= 0.3 is 0 Å². The van der Waals surface area contributed by atoms with Crippen LogP contribution in [-0.2, 0) is 9.59 Å². The van der Waals surface area contributed by atoms with E-state index in [9.17, 15) is 9.59 Å². The second-order valence-corrected chi connectivity index (χ2v) is 11.1. The van der Waals surface area contributed by atoms with E-state index in [1.807, 2.05) is 34.6 Å². The summed E-state index contributed by atoms with van der Waals surface area (Å²) in [6.45, 7) is 9.88. The number of thiocarbonyl (C=S) groups is 1. The molecule has 4 bridgehead atoms. The minimum atomic E-state index is -0.578. The second kappa shape index (κ2) is 7.81. The molecule has 4 aliphatic rings. The van der Waals surface area contributed by atoms with E-state index < -0.39 is 6.04 Å². The Morgan fingerprint density at radius 3 is 1.89 bits per heavy atom. The largest absolute Gasteiger partial charge is 0.357 e. The van der Waals surface area contributed by atoms with E-state index in [-0.39, 0.29) is 28.7 Å². The van der Waals surface area contributed by atoms with E-state index in [0.717, 1.165) is 19.3 Å². The van der Waals surface area contributed by atoms with Crippen molar-refractivity contribution in [3.63, 3.8) is 0 Å². The van der Waals surface area contributed by atoms with E-state index in [1.165, 1.54) is 19.3 Å². The number of carbonyl (C=O) groups is 2. The van der Waals surface area contributed by atoms with Gasteiger partial charge in [0.1, 0.15) is 6.04 Å². The molecule has 28 heavy (non-hydrogen) atoms. The van der Waals surface area contributed by atoms with Crippen LogP contribution in [0.5, 0.6) is 0 Å². The van der Waals surface area contributed by atoms with Crippen molar-refractivity contribution in [2.24, 2.45) is 29.1 Å². The predicted molar refractivity (Wildman–Crippen MR) is 114 cm³/mol. The Kier molecular flexibility index (Phi) is 5.95. The van der Waals surface area contributed by atoms with E-state index in [1.54, 1.807) is 0 Å². The Bertz CT molecular complexity index is 606. The number of hydrazine groups is 1. The highest BCUT2D eigenvalue weighted by Gasteiger charge is 2.55. The molecule has 0 heterocycles. The molecule has 4 saturated carbocycles. The van der Waals surface area contributed by atoms with Crippen LogP contribution < -0.4 is 21.5 Å². The van der Waals surface area contributed by atoms with E-state index in [2.05, 4.69) is 21.5 Å². The minimum absolute atomic E-state index is 0.0104. The minimum Gasteiger partial charge on any atom is -0.357 e. The number of hydrogen-bond acceptors (Lipinski definition) is 3. The maximum Gasteiger partial charge on any atom is 0.261 e. The van der Waals surface area contributed by atoms with Crippen LogP contribution in [0.1, 0.15) is 73.1 Å². The number of carbonyl (C=O) groups excluding carboxylic acids is 2. The molecule has 4 N–H and O–H groups in total. The van der Waals surface area contributed by atoms with E-state index >= 15 is 0 Å². The van der Waals surface area contributed by atoms with Crippen LogP contribution in [-0.4, -0.2) is 28.5 Å². The fourth-order valence-electron chi connectivity index (χ4n) is 5.79. The van der Waals surface area contributed by atoms with Crippen molar-refractivity contribution in [1.29, 1.82) is 0 Å². The first-order valence-electron chi connectivity index (χ1n) is 10.7. The lowest BCUT2D eigenvalue weighted by molar-refractivity contribution is -0.149. The van der Waals surface area contributed by atoms with Crippen LogP contribution >= 0.6 is 12.2 Å². The summed E-state index contributed by atoms with van der Waals surface area (Å²) in [5, 5.41) is 6.54. The summed E-state index contributed by atoms with van der Waals surface area (Å²) in [4.78, 5) is 26.0. The molecule has 0 aromatic heterocycles. The zero-order valence-corrected chi connectivity index (χ0v) is 18.7. The molecule has 0 spiro atoms. The third kappa shape index (κ3) is 4.78. The van der Waals surface area contributed by atoms with Gasteiger partial charge in [-0.25, -0.2) is 0 Å². The van der Waals surface area contributed by atoms with Gasteiger partial charge in [0.15, 0.2) is 5.11 Å². The molecule has 6 nitrogen and oxygen atoms in total. The molecule has 0 aromatic carbocycles. The van der Waals surface area contributed by atoms with Gasteiger partial charge in [0.2, 0.25) is 5.91 Å². The summed E-state index contributed by atoms with van der Waals surface area (Å²) in [5.74, 6) is 1.91. The summed E-state index contributed by atoms with van der Waals surface area (Å²) >= 11 is 5.21. The monoisotopic (exact) mass is 408 g/mol. The van der Waals surface area contributed by atoms with Gasteiger partial charge in [-0.15, -0.1) is 0 Å². The lowest BCUT2D eigenvalue weighted by Crippen LogP contribution is -2.60. The smallest absolute Gasteiger partial charge is 0.261 e. The van der Waals surface area contributed by atoms with E-state index in [4.69, 9.17) is 12.2 Å². The maximum atomic E-state index is 13.3. The molecule has 4 aliphatic carbocycles. The molecule has 4 fully saturated rings. The molecule has 0 unspecified atom stereocenters. The zero-order chi connectivity index (χ0) is 20.7. The molecule has 0 aliphatic heterocycles. The molecular weight excluding hydrogens is 372 g/mol. The SMILES string of the molecule is CC(C)[C@H](NC(=O)C12CC3CC(CC(C3)C1)C2)C(=O)NNC(=S)NC(C)(C)C. The molecular formula is C21H36N4O2S. The van der Waals surface area contributed by atoms with Gasteiger partial charge < -0.3 is 10.6 Å². The Hall–Kier alpha value is -1.37. The fourth-order valence-corrected chi connectivity index (χ4v) is 6.14. The first kappa shape index (κ1) is 21.3. The summed E-state index contributed by atoms with van der Waals surface area (Å²) < 4.78 is 0. The summed E-state index contributed by atoms with van der Waals surface area (Å²) in [7, 11) is 0. The maximum absolute atomic E-state index is 13.3. The molecule has 0 saturated heterocycles. The van der Waals surface area contributed by atoms with Crippen LogP contribution in [0, 0.1) is 29.1 Å². The van der Waals surface area contributed by atoms with Crippen molar-refractivity contribution in [1.82, 2.24) is 21.5 Å². The van der Waals surface area contributed by atoms with Gasteiger partial charge in [0, 0.05) is 11.0 Å². The Morgan fingerprint density at radius 1 is 0.964 bits per heavy atom. The predicted octanol–water partition coefficient (Wildman–Crippen LogP) is 2.64. The van der Waals surface area contributed by atoms with Crippen molar-refractivity contribution in [3.05, 3.63) is 0 Å². The lowest BCUT2D eigenvalue weighted by atomic mass is 9.49. The highest BCUT2D eigenvalue weighted by Crippen LogP contribution is 2.60. The highest BCUT2D eigenvalue weighted by molar-refractivity contribution is 7.80. The fraction of sp³-hybridized carbons (Fsp3) is 0.857. The third-order valence-corrected chi connectivity index (χ3v) is 6.75. The summed E-state index contributed by atoms with van der Waals surface area (Å²) in [5.41, 5.74) is 4.96. The van der Waals surface area contributed by atoms with Gasteiger partial charge in [-0.05, 0) is 95.2 Å². The highest BCUT2D eigenvalue weighted by atomic mass is 32.1. The van der Waals surface area contributed by atoms with Crippen LogP contribution in [0.15, 0.2) is 0 Å². The molecule has 2 amide bonds. The van der Waals surface area contributed by atoms with Gasteiger partial charge in [-0.3, -0.25) is 20.4 Å². The van der Waals surface area contributed by atoms with Crippen LogP contribution in [0.25, 0.3) is 0 Å². The van der Waals surface area contributed by atoms with Gasteiger partial charge in [-0.2, -0.15) is 0 Å². The number of hydrogen-bond donors (Lipinski definition) is 4. The van der Waals surface area contributed by atoms with Crippen LogP contribution in [0.4, 0.5) is 0 Å². The molecule has 7 heteroatoms. The number of amides is 2. The first-order valence-corrected chi connectivity index (χ1v) is 11.1. The Balaban J connectivity index is 1.59. The third-order valence-electron chi connectivity index (χ3n) is 6.54. The van der Waals surface area contributed by atoms with Crippen molar-refractivity contribution >= 4 is 29.1 Å². The summed E-state index contributed by atoms with van der Waals surface area (Å²) in [6, 6.07) is -0.578. The van der Waals surface area contributed by atoms with Gasteiger partial charge in [-0.1, -0.05) is 13.8 Å². The average Bonchev–Trinajstić information content (AvgIpc) is 2.54. The standard InChI is InChI=1S/C21H36N4O2S/c1-12(2)16(17(26)24-25-19(28)23-20(3,4)5)22-18(27)21-9-13-6-14(10-21)8-15(7-13)11-21/h12-16H,6-11H2,1-5H3,(H,22,27)(H,24,26)(H2,23,25,28)/t13?,14?,15?,16-,21?/m0/s1. The first-order chi connectivity index (χ1) is 13.0. The average molecular weight is 409 g/mol. The Labute approximate surface area is 174 Å². The lowest BCUT2D eigenvalue weighted by Gasteiger charge is -2.55.